The molecule has 0 spiro atoms. The number of nitrogens with zero attached hydrogens (tertiary/aromatic N) is 1. The van der Waals surface area contributed by atoms with Crippen LogP contribution in [0, 0.1) is 0 Å². The molecule has 0 aliphatic carbocycles. The van der Waals surface area contributed by atoms with Crippen LogP contribution in [0.1, 0.15) is 156 Å². The molecule has 0 heterocycles. The maximum Gasteiger partial charge on any atom is 0.0784 e. The normalized spacial score (nSPS) is 13.7. The predicted molar refractivity (Wildman–Crippen MR) is 135 cm³/mol. The lowest BCUT2D eigenvalue weighted by atomic mass is 10.0. The lowest BCUT2D eigenvalue weighted by Gasteiger charge is -2.33. The molecule has 0 aromatic rings. The Kier molecular flexibility index (Phi) is 22.6. The van der Waals surface area contributed by atoms with Crippen molar-refractivity contribution in [2.45, 2.75) is 156 Å². The van der Waals surface area contributed by atoms with E-state index in [4.69, 9.17) is 0 Å². The van der Waals surface area contributed by atoms with E-state index in [0.29, 0.717) is 0 Å². The number of quaternary nitrogens is 1. The van der Waals surface area contributed by atoms with Gasteiger partial charge < -0.3 is 4.48 Å². The van der Waals surface area contributed by atoms with Crippen LogP contribution in [-0.2, 0) is 0 Å². The van der Waals surface area contributed by atoms with E-state index >= 15 is 0 Å². The smallest absolute Gasteiger partial charge is 0.0784 e. The van der Waals surface area contributed by atoms with E-state index < -0.39 is 0 Å². The highest BCUT2D eigenvalue weighted by Crippen LogP contribution is 2.15. The molecule has 0 saturated heterocycles. The largest absolute Gasteiger partial charge is 0.326 e. The molecule has 29 heavy (non-hydrogen) atoms. The second-order valence-electron chi connectivity index (χ2n) is 10.1. The first-order valence-electron chi connectivity index (χ1n) is 14.0. The van der Waals surface area contributed by atoms with Gasteiger partial charge in [-0.2, -0.15) is 0 Å². The summed E-state index contributed by atoms with van der Waals surface area (Å²) in [5.74, 6) is 0. The van der Waals surface area contributed by atoms with Gasteiger partial charge in [0.1, 0.15) is 0 Å². The van der Waals surface area contributed by atoms with Gasteiger partial charge in [-0.1, -0.05) is 123 Å². The summed E-state index contributed by atoms with van der Waals surface area (Å²) in [5, 5.41) is 0. The lowest BCUT2D eigenvalue weighted by molar-refractivity contribution is -0.908. The Morgan fingerprint density at radius 3 is 0.862 bits per heavy atom. The van der Waals surface area contributed by atoms with Gasteiger partial charge in [0, 0.05) is 0 Å². The minimum atomic E-state index is 1.31. The molecule has 0 bridgehead atoms. The third-order valence-corrected chi connectivity index (χ3v) is 7.12. The SMILES string of the molecule is CCCCCCCCCCCCCCCCCCC[N+](C)(CC)CCCCCC. The average molecular weight is 411 g/mol. The van der Waals surface area contributed by atoms with Crippen LogP contribution in [0.3, 0.4) is 0 Å². The summed E-state index contributed by atoms with van der Waals surface area (Å²) < 4.78 is 1.31. The highest BCUT2D eigenvalue weighted by Gasteiger charge is 2.17. The fourth-order valence-electron chi connectivity index (χ4n) is 4.57. The summed E-state index contributed by atoms with van der Waals surface area (Å²) in [4.78, 5) is 0. The molecule has 0 amide bonds. The van der Waals surface area contributed by atoms with E-state index in [9.17, 15) is 0 Å². The van der Waals surface area contributed by atoms with Crippen molar-refractivity contribution in [1.29, 1.82) is 0 Å². The molecule has 176 valence electrons. The lowest BCUT2D eigenvalue weighted by Crippen LogP contribution is -2.45. The molecule has 0 fully saturated rings. The van der Waals surface area contributed by atoms with Gasteiger partial charge in [0.25, 0.3) is 0 Å². The first kappa shape index (κ1) is 29.0. The van der Waals surface area contributed by atoms with Gasteiger partial charge in [-0.3, -0.25) is 0 Å². The molecular weight excluding hydrogens is 350 g/mol. The molecule has 0 aliphatic heterocycles. The highest BCUT2D eigenvalue weighted by molar-refractivity contribution is 4.51. The standard InChI is InChI=1S/C28H60N/c1-5-8-10-12-13-14-15-16-17-18-19-20-21-22-23-24-26-28-29(4,7-3)27-25-11-9-6-2/h5-28H2,1-4H3/q+1. The van der Waals surface area contributed by atoms with Crippen molar-refractivity contribution in [3.05, 3.63) is 0 Å². The Morgan fingerprint density at radius 2 is 0.586 bits per heavy atom. The van der Waals surface area contributed by atoms with E-state index in [1.165, 1.54) is 159 Å². The van der Waals surface area contributed by atoms with Gasteiger partial charge >= 0.3 is 0 Å². The fraction of sp³-hybridized carbons (Fsp3) is 1.00. The van der Waals surface area contributed by atoms with E-state index in [1.807, 2.05) is 0 Å². The molecule has 1 nitrogen and oxygen atoms in total. The Balaban J connectivity index is 3.30. The summed E-state index contributed by atoms with van der Waals surface area (Å²) in [5.41, 5.74) is 0. The zero-order valence-corrected chi connectivity index (χ0v) is 21.4. The summed E-state index contributed by atoms with van der Waals surface area (Å²) in [7, 11) is 2.48. The Bertz CT molecular complexity index is 301. The first-order valence-corrected chi connectivity index (χ1v) is 14.0. The minimum Gasteiger partial charge on any atom is -0.326 e. The Hall–Kier alpha value is -0.0400. The molecule has 0 N–H and O–H groups in total. The monoisotopic (exact) mass is 410 g/mol. The van der Waals surface area contributed by atoms with Crippen molar-refractivity contribution in [1.82, 2.24) is 0 Å². The quantitative estimate of drug-likeness (QED) is 0.110. The van der Waals surface area contributed by atoms with Crippen LogP contribution in [-0.4, -0.2) is 31.2 Å². The topological polar surface area (TPSA) is 0 Å². The van der Waals surface area contributed by atoms with Gasteiger partial charge in [-0.15, -0.1) is 0 Å². The number of unbranched alkanes of at least 4 members (excludes halogenated alkanes) is 19. The van der Waals surface area contributed by atoms with Crippen molar-refractivity contribution >= 4 is 0 Å². The molecule has 0 rings (SSSR count). The minimum absolute atomic E-state index is 1.31. The van der Waals surface area contributed by atoms with E-state index in [1.54, 1.807) is 0 Å². The predicted octanol–water partition coefficient (Wildman–Crippen LogP) is 9.68. The molecule has 0 aromatic carbocycles. The van der Waals surface area contributed by atoms with Crippen molar-refractivity contribution < 1.29 is 4.48 Å². The molecule has 1 heteroatoms. The van der Waals surface area contributed by atoms with Gasteiger partial charge in [0.2, 0.25) is 0 Å². The molecule has 0 saturated carbocycles. The summed E-state index contributed by atoms with van der Waals surface area (Å²) in [6, 6.07) is 0. The number of hydrogen-bond donors (Lipinski definition) is 0. The van der Waals surface area contributed by atoms with Gasteiger partial charge in [0.05, 0.1) is 26.7 Å². The van der Waals surface area contributed by atoms with E-state index in [2.05, 4.69) is 27.8 Å². The molecule has 0 aliphatic rings. The molecule has 1 unspecified atom stereocenters. The van der Waals surface area contributed by atoms with Crippen LogP contribution < -0.4 is 0 Å². The van der Waals surface area contributed by atoms with Gasteiger partial charge in [-0.25, -0.2) is 0 Å². The maximum absolute atomic E-state index is 2.48. The zero-order chi connectivity index (χ0) is 21.5. The zero-order valence-electron chi connectivity index (χ0n) is 21.4. The Labute approximate surface area is 187 Å². The van der Waals surface area contributed by atoms with Crippen LogP contribution in [0.25, 0.3) is 0 Å². The van der Waals surface area contributed by atoms with Crippen LogP contribution in [0.4, 0.5) is 0 Å². The second-order valence-corrected chi connectivity index (χ2v) is 10.1. The van der Waals surface area contributed by atoms with Crippen LogP contribution in [0.15, 0.2) is 0 Å². The molecule has 0 aromatic heterocycles. The fourth-order valence-corrected chi connectivity index (χ4v) is 4.57. The molecular formula is C28H60N+. The maximum atomic E-state index is 2.48. The van der Waals surface area contributed by atoms with Crippen LogP contribution in [0.2, 0.25) is 0 Å². The third-order valence-electron chi connectivity index (χ3n) is 7.12. The summed E-state index contributed by atoms with van der Waals surface area (Å²) >= 11 is 0. The van der Waals surface area contributed by atoms with Crippen LogP contribution >= 0.6 is 0 Å². The summed E-state index contributed by atoms with van der Waals surface area (Å²) in [6.07, 6.45) is 30.6. The third kappa shape index (κ3) is 21.0. The average Bonchev–Trinajstić information content (AvgIpc) is 2.73. The van der Waals surface area contributed by atoms with Crippen molar-refractivity contribution in [2.24, 2.45) is 0 Å². The van der Waals surface area contributed by atoms with Crippen molar-refractivity contribution in [3.8, 4) is 0 Å². The highest BCUT2D eigenvalue weighted by atomic mass is 15.3. The van der Waals surface area contributed by atoms with E-state index in [0.717, 1.165) is 0 Å². The van der Waals surface area contributed by atoms with Gasteiger partial charge in [0.15, 0.2) is 0 Å². The van der Waals surface area contributed by atoms with Gasteiger partial charge in [-0.05, 0) is 32.6 Å². The Morgan fingerprint density at radius 1 is 0.345 bits per heavy atom. The molecule has 0 radical (unpaired) electrons. The van der Waals surface area contributed by atoms with E-state index in [-0.39, 0.29) is 0 Å². The second kappa shape index (κ2) is 22.6. The summed E-state index contributed by atoms with van der Waals surface area (Å²) in [6.45, 7) is 11.1. The van der Waals surface area contributed by atoms with Crippen molar-refractivity contribution in [2.75, 3.05) is 26.7 Å². The first-order chi connectivity index (χ1) is 14.2. The number of hydrogen-bond acceptors (Lipinski definition) is 0. The van der Waals surface area contributed by atoms with Crippen LogP contribution in [0.5, 0.6) is 0 Å². The molecule has 1 atom stereocenters. The van der Waals surface area contributed by atoms with Crippen molar-refractivity contribution in [3.63, 3.8) is 0 Å². The number of rotatable bonds is 24.